The zero-order valence-electron chi connectivity index (χ0n) is 10.7. The standard InChI is InChI=1S/C15H13NO4/c17-11-13-6-7-15(14(10-13)16(18)19)20-9-8-12-4-2-1-3-5-12/h1-7,10-11H,8-9H2. The highest BCUT2D eigenvalue weighted by atomic mass is 16.6. The van der Waals surface area contributed by atoms with Gasteiger partial charge >= 0.3 is 5.69 Å². The van der Waals surface area contributed by atoms with Crippen LogP contribution in [0, 0.1) is 10.1 Å². The first-order valence-electron chi connectivity index (χ1n) is 6.11. The van der Waals surface area contributed by atoms with E-state index in [1.165, 1.54) is 18.2 Å². The molecule has 2 rings (SSSR count). The molecule has 0 aliphatic carbocycles. The summed E-state index contributed by atoms with van der Waals surface area (Å²) >= 11 is 0. The molecule has 0 saturated heterocycles. The minimum atomic E-state index is -0.551. The van der Waals surface area contributed by atoms with Crippen molar-refractivity contribution in [3.8, 4) is 5.75 Å². The second kappa shape index (κ2) is 6.47. The molecule has 0 heterocycles. The first kappa shape index (κ1) is 13.7. The van der Waals surface area contributed by atoms with Crippen LogP contribution in [0.4, 0.5) is 5.69 Å². The Hall–Kier alpha value is -2.69. The van der Waals surface area contributed by atoms with Gasteiger partial charge in [0.1, 0.15) is 6.29 Å². The molecule has 0 spiro atoms. The van der Waals surface area contributed by atoms with Gasteiger partial charge in [-0.05, 0) is 17.7 Å². The number of nitro groups is 1. The lowest BCUT2D eigenvalue weighted by atomic mass is 10.2. The van der Waals surface area contributed by atoms with Crippen molar-refractivity contribution in [2.45, 2.75) is 6.42 Å². The van der Waals surface area contributed by atoms with E-state index in [2.05, 4.69) is 0 Å². The zero-order chi connectivity index (χ0) is 14.4. The predicted molar refractivity (Wildman–Crippen MR) is 74.1 cm³/mol. The number of benzene rings is 2. The maximum atomic E-state index is 10.9. The van der Waals surface area contributed by atoms with E-state index in [-0.39, 0.29) is 17.0 Å². The first-order chi connectivity index (χ1) is 9.70. The molecule has 5 nitrogen and oxygen atoms in total. The molecule has 0 aromatic heterocycles. The van der Waals surface area contributed by atoms with E-state index in [0.29, 0.717) is 19.3 Å². The van der Waals surface area contributed by atoms with Gasteiger partial charge < -0.3 is 4.74 Å². The summed E-state index contributed by atoms with van der Waals surface area (Å²) in [6, 6.07) is 13.9. The normalized spacial score (nSPS) is 10.0. The first-order valence-corrected chi connectivity index (χ1v) is 6.11. The van der Waals surface area contributed by atoms with Gasteiger partial charge in [-0.2, -0.15) is 0 Å². The monoisotopic (exact) mass is 271 g/mol. The van der Waals surface area contributed by atoms with Gasteiger partial charge in [-0.15, -0.1) is 0 Å². The van der Waals surface area contributed by atoms with Crippen molar-refractivity contribution in [1.29, 1.82) is 0 Å². The Morgan fingerprint density at radius 3 is 2.55 bits per heavy atom. The third-order valence-corrected chi connectivity index (χ3v) is 2.81. The highest BCUT2D eigenvalue weighted by Crippen LogP contribution is 2.27. The topological polar surface area (TPSA) is 69.4 Å². The van der Waals surface area contributed by atoms with Crippen molar-refractivity contribution in [1.82, 2.24) is 0 Å². The summed E-state index contributed by atoms with van der Waals surface area (Å²) < 4.78 is 5.44. The van der Waals surface area contributed by atoms with Crippen molar-refractivity contribution in [3.05, 3.63) is 69.8 Å². The van der Waals surface area contributed by atoms with Gasteiger partial charge in [0.15, 0.2) is 5.75 Å². The molecule has 0 saturated carbocycles. The molecular weight excluding hydrogens is 258 g/mol. The van der Waals surface area contributed by atoms with Gasteiger partial charge in [0.2, 0.25) is 0 Å². The average Bonchev–Trinajstić information content (AvgIpc) is 2.48. The lowest BCUT2D eigenvalue weighted by molar-refractivity contribution is -0.385. The minimum Gasteiger partial charge on any atom is -0.486 e. The zero-order valence-corrected chi connectivity index (χ0v) is 10.7. The van der Waals surface area contributed by atoms with Crippen LogP contribution >= 0.6 is 0 Å². The summed E-state index contributed by atoms with van der Waals surface area (Å²) in [7, 11) is 0. The number of nitro benzene ring substituents is 1. The third-order valence-electron chi connectivity index (χ3n) is 2.81. The van der Waals surface area contributed by atoms with Gasteiger partial charge in [0.25, 0.3) is 0 Å². The third kappa shape index (κ3) is 3.41. The number of carbonyl (C=O) groups excluding carboxylic acids is 1. The molecule has 0 radical (unpaired) electrons. The molecule has 2 aromatic carbocycles. The number of nitrogens with zero attached hydrogens (tertiary/aromatic N) is 1. The van der Waals surface area contributed by atoms with Crippen molar-refractivity contribution in [3.63, 3.8) is 0 Å². The van der Waals surface area contributed by atoms with Crippen LogP contribution in [0.15, 0.2) is 48.5 Å². The van der Waals surface area contributed by atoms with Crippen molar-refractivity contribution < 1.29 is 14.5 Å². The van der Waals surface area contributed by atoms with E-state index in [1.807, 2.05) is 30.3 Å². The molecule has 0 atom stereocenters. The van der Waals surface area contributed by atoms with Crippen LogP contribution in [0.3, 0.4) is 0 Å². The molecule has 0 unspecified atom stereocenters. The van der Waals surface area contributed by atoms with Crippen LogP contribution in [0.2, 0.25) is 0 Å². The summed E-state index contributed by atoms with van der Waals surface area (Å²) in [5, 5.41) is 10.9. The van der Waals surface area contributed by atoms with Gasteiger partial charge in [0.05, 0.1) is 11.5 Å². The number of hydrogen-bond acceptors (Lipinski definition) is 4. The van der Waals surface area contributed by atoms with Gasteiger partial charge in [-0.25, -0.2) is 0 Å². The van der Waals surface area contributed by atoms with Crippen LogP contribution in [0.5, 0.6) is 5.75 Å². The number of ether oxygens (including phenoxy) is 1. The summed E-state index contributed by atoms with van der Waals surface area (Å²) in [6.45, 7) is 0.339. The number of rotatable bonds is 6. The maximum Gasteiger partial charge on any atom is 0.311 e. The Morgan fingerprint density at radius 2 is 1.90 bits per heavy atom. The smallest absolute Gasteiger partial charge is 0.311 e. The molecule has 20 heavy (non-hydrogen) atoms. The molecule has 0 bridgehead atoms. The Kier molecular flexibility index (Phi) is 4.44. The largest absolute Gasteiger partial charge is 0.486 e. The van der Waals surface area contributed by atoms with Gasteiger partial charge in [0, 0.05) is 18.1 Å². The van der Waals surface area contributed by atoms with E-state index in [1.54, 1.807) is 0 Å². The Bertz CT molecular complexity index is 611. The Balaban J connectivity index is 2.05. The quantitative estimate of drug-likeness (QED) is 0.460. The van der Waals surface area contributed by atoms with Crippen LogP contribution in [-0.4, -0.2) is 17.8 Å². The Labute approximate surface area is 116 Å². The highest BCUT2D eigenvalue weighted by molar-refractivity contribution is 5.77. The molecule has 5 heteroatoms. The van der Waals surface area contributed by atoms with Crippen molar-refractivity contribution in [2.24, 2.45) is 0 Å². The summed E-state index contributed by atoms with van der Waals surface area (Å²) in [5.74, 6) is 0.177. The second-order valence-electron chi connectivity index (χ2n) is 4.19. The van der Waals surface area contributed by atoms with Crippen LogP contribution < -0.4 is 4.74 Å². The van der Waals surface area contributed by atoms with Gasteiger partial charge in [-0.3, -0.25) is 14.9 Å². The highest BCUT2D eigenvalue weighted by Gasteiger charge is 2.15. The summed E-state index contributed by atoms with van der Waals surface area (Å²) in [6.07, 6.45) is 1.23. The molecule has 0 fully saturated rings. The molecular formula is C15H13NO4. The second-order valence-corrected chi connectivity index (χ2v) is 4.19. The number of carbonyl (C=O) groups is 1. The van der Waals surface area contributed by atoms with E-state index in [4.69, 9.17) is 4.74 Å². The minimum absolute atomic E-state index is 0.177. The number of hydrogen-bond donors (Lipinski definition) is 0. The molecule has 0 aliphatic heterocycles. The van der Waals surface area contributed by atoms with E-state index in [9.17, 15) is 14.9 Å². The Morgan fingerprint density at radius 1 is 1.15 bits per heavy atom. The van der Waals surface area contributed by atoms with Gasteiger partial charge in [-0.1, -0.05) is 30.3 Å². The summed E-state index contributed by atoms with van der Waals surface area (Å²) in [5.41, 5.74) is 1.16. The van der Waals surface area contributed by atoms with Crippen molar-refractivity contribution in [2.75, 3.05) is 6.61 Å². The fraction of sp³-hybridized carbons (Fsp3) is 0.133. The van der Waals surface area contributed by atoms with E-state index >= 15 is 0 Å². The van der Waals surface area contributed by atoms with Crippen molar-refractivity contribution >= 4 is 12.0 Å². The average molecular weight is 271 g/mol. The molecule has 0 amide bonds. The maximum absolute atomic E-state index is 10.9. The fourth-order valence-electron chi connectivity index (χ4n) is 1.80. The SMILES string of the molecule is O=Cc1ccc(OCCc2ccccc2)c([N+](=O)[O-])c1. The van der Waals surface area contributed by atoms with Crippen LogP contribution in [0.25, 0.3) is 0 Å². The van der Waals surface area contributed by atoms with E-state index in [0.717, 1.165) is 5.56 Å². The predicted octanol–water partition coefficient (Wildman–Crippen LogP) is 3.03. The molecule has 0 N–H and O–H groups in total. The lowest BCUT2D eigenvalue weighted by Crippen LogP contribution is -2.03. The van der Waals surface area contributed by atoms with Crippen LogP contribution in [0.1, 0.15) is 15.9 Å². The molecule has 0 aliphatic rings. The number of aldehydes is 1. The molecule has 2 aromatic rings. The van der Waals surface area contributed by atoms with E-state index < -0.39 is 4.92 Å². The van der Waals surface area contributed by atoms with Crippen LogP contribution in [-0.2, 0) is 6.42 Å². The lowest BCUT2D eigenvalue weighted by Gasteiger charge is -2.07. The molecule has 102 valence electrons. The fourth-order valence-corrected chi connectivity index (χ4v) is 1.80. The summed E-state index contributed by atoms with van der Waals surface area (Å²) in [4.78, 5) is 21.0.